The minimum atomic E-state index is -3.57. The molecule has 1 amide bonds. The number of fused-ring (bicyclic) bond motifs is 1. The van der Waals surface area contributed by atoms with Crippen LogP contribution in [0.1, 0.15) is 15.9 Å². The van der Waals surface area contributed by atoms with E-state index in [-0.39, 0.29) is 11.7 Å². The second-order valence-corrected chi connectivity index (χ2v) is 7.10. The quantitative estimate of drug-likeness (QED) is 0.765. The van der Waals surface area contributed by atoms with Crippen LogP contribution in [0, 0.1) is 0 Å². The Morgan fingerprint density at radius 1 is 0.917 bits per heavy atom. The third-order valence-electron chi connectivity index (χ3n) is 3.61. The Balaban J connectivity index is 1.82. The molecule has 0 aliphatic rings. The van der Waals surface area contributed by atoms with Crippen molar-refractivity contribution in [2.24, 2.45) is 5.14 Å². The van der Waals surface area contributed by atoms with Crippen molar-refractivity contribution in [1.29, 1.82) is 0 Å². The highest BCUT2D eigenvalue weighted by Gasteiger charge is 2.10. The lowest BCUT2D eigenvalue weighted by Gasteiger charge is -2.09. The van der Waals surface area contributed by atoms with Crippen molar-refractivity contribution in [3.8, 4) is 0 Å². The fourth-order valence-corrected chi connectivity index (χ4v) is 3.20. The monoisotopic (exact) mass is 340 g/mol. The molecule has 24 heavy (non-hydrogen) atoms. The maximum absolute atomic E-state index is 12.5. The van der Waals surface area contributed by atoms with Gasteiger partial charge in [0.1, 0.15) is 0 Å². The van der Waals surface area contributed by atoms with Crippen molar-refractivity contribution >= 4 is 32.4 Å². The fraction of sp³-hybridized carbons (Fsp3) is 0.0556. The van der Waals surface area contributed by atoms with Gasteiger partial charge < -0.3 is 5.32 Å². The molecule has 3 N–H and O–H groups in total. The number of carbonyl (C=O) groups is 1. The first-order chi connectivity index (χ1) is 11.4. The van der Waals surface area contributed by atoms with Crippen LogP contribution >= 0.6 is 0 Å². The van der Waals surface area contributed by atoms with Gasteiger partial charge in [-0.3, -0.25) is 4.79 Å². The molecule has 0 heterocycles. The predicted molar refractivity (Wildman–Crippen MR) is 95.2 cm³/mol. The minimum Gasteiger partial charge on any atom is -0.322 e. The zero-order chi connectivity index (χ0) is 17.2. The predicted octanol–water partition coefficient (Wildman–Crippen LogP) is 2.88. The van der Waals surface area contributed by atoms with E-state index in [0.717, 1.165) is 10.8 Å². The molecule has 0 saturated carbocycles. The van der Waals surface area contributed by atoms with E-state index in [9.17, 15) is 13.2 Å². The molecule has 0 saturated heterocycles. The molecule has 0 unspecified atom stereocenters. The third kappa shape index (κ3) is 3.79. The summed E-state index contributed by atoms with van der Waals surface area (Å²) >= 11 is 0. The zero-order valence-corrected chi connectivity index (χ0v) is 13.6. The van der Waals surface area contributed by atoms with Gasteiger partial charge >= 0.3 is 0 Å². The number of amides is 1. The molecule has 3 rings (SSSR count). The zero-order valence-electron chi connectivity index (χ0n) is 12.8. The maximum atomic E-state index is 12.5. The molecule has 0 bridgehead atoms. The van der Waals surface area contributed by atoms with E-state index in [4.69, 9.17) is 5.14 Å². The van der Waals surface area contributed by atoms with Crippen LogP contribution in [0.15, 0.2) is 66.7 Å². The molecule has 122 valence electrons. The second kappa shape index (κ2) is 6.43. The van der Waals surface area contributed by atoms with Gasteiger partial charge in [-0.15, -0.1) is 0 Å². The van der Waals surface area contributed by atoms with Crippen LogP contribution in [0.25, 0.3) is 10.8 Å². The molecule has 0 aliphatic carbocycles. The Labute approximate surface area is 140 Å². The summed E-state index contributed by atoms with van der Waals surface area (Å²) in [7, 11) is -3.57. The van der Waals surface area contributed by atoms with Crippen LogP contribution in [0.5, 0.6) is 0 Å². The molecule has 5 nitrogen and oxygen atoms in total. The van der Waals surface area contributed by atoms with Crippen LogP contribution < -0.4 is 10.5 Å². The summed E-state index contributed by atoms with van der Waals surface area (Å²) in [4.78, 5) is 12.5. The summed E-state index contributed by atoms with van der Waals surface area (Å²) in [6, 6.07) is 19.8. The Bertz CT molecular complexity index is 991. The van der Waals surface area contributed by atoms with E-state index in [1.807, 2.05) is 36.4 Å². The lowest BCUT2D eigenvalue weighted by atomic mass is 10.0. The Morgan fingerprint density at radius 3 is 2.29 bits per heavy atom. The van der Waals surface area contributed by atoms with Crippen LogP contribution in [0.4, 0.5) is 5.69 Å². The summed E-state index contributed by atoms with van der Waals surface area (Å²) in [5.41, 5.74) is 1.74. The molecule has 0 radical (unpaired) electrons. The number of sulfonamides is 1. The van der Waals surface area contributed by atoms with Gasteiger partial charge in [-0.2, -0.15) is 0 Å². The highest BCUT2D eigenvalue weighted by molar-refractivity contribution is 7.88. The van der Waals surface area contributed by atoms with Crippen LogP contribution in [-0.4, -0.2) is 14.3 Å². The van der Waals surface area contributed by atoms with Gasteiger partial charge in [-0.25, -0.2) is 13.6 Å². The van der Waals surface area contributed by atoms with Gasteiger partial charge in [0, 0.05) is 11.3 Å². The molecular formula is C18H16N2O3S. The molecule has 0 spiro atoms. The van der Waals surface area contributed by atoms with Gasteiger partial charge in [0.25, 0.3) is 5.91 Å². The maximum Gasteiger partial charge on any atom is 0.256 e. The normalized spacial score (nSPS) is 11.4. The first-order valence-electron chi connectivity index (χ1n) is 7.31. The lowest BCUT2D eigenvalue weighted by molar-refractivity contribution is 0.102. The number of primary sulfonamides is 1. The van der Waals surface area contributed by atoms with Crippen molar-refractivity contribution in [3.63, 3.8) is 0 Å². The summed E-state index contributed by atoms with van der Waals surface area (Å²) in [5.74, 6) is -0.448. The number of hydrogen-bond acceptors (Lipinski definition) is 3. The van der Waals surface area contributed by atoms with E-state index >= 15 is 0 Å². The Morgan fingerprint density at radius 2 is 1.58 bits per heavy atom. The van der Waals surface area contributed by atoms with Crippen molar-refractivity contribution < 1.29 is 13.2 Å². The van der Waals surface area contributed by atoms with E-state index in [1.54, 1.807) is 30.3 Å². The number of hydrogen-bond donors (Lipinski definition) is 2. The molecule has 0 aliphatic heterocycles. The van der Waals surface area contributed by atoms with Gasteiger partial charge in [-0.05, 0) is 34.5 Å². The lowest BCUT2D eigenvalue weighted by Crippen LogP contribution is -2.15. The van der Waals surface area contributed by atoms with E-state index < -0.39 is 10.0 Å². The van der Waals surface area contributed by atoms with Crippen LogP contribution in [-0.2, 0) is 15.8 Å². The second-order valence-electron chi connectivity index (χ2n) is 5.48. The van der Waals surface area contributed by atoms with Crippen molar-refractivity contribution in [1.82, 2.24) is 0 Å². The molecule has 0 aromatic heterocycles. The number of anilines is 1. The number of nitrogens with one attached hydrogen (secondary N) is 1. The standard InChI is InChI=1S/C18H16N2O3S/c19-24(22,23)12-13-8-10-15(11-9-13)20-18(21)17-7-3-5-14-4-1-2-6-16(14)17/h1-11H,12H2,(H,20,21)(H2,19,22,23). The van der Waals surface area contributed by atoms with Gasteiger partial charge in [0.05, 0.1) is 5.75 Å². The average molecular weight is 340 g/mol. The largest absolute Gasteiger partial charge is 0.322 e. The van der Waals surface area contributed by atoms with Crippen molar-refractivity contribution in [3.05, 3.63) is 77.9 Å². The van der Waals surface area contributed by atoms with Gasteiger partial charge in [0.2, 0.25) is 10.0 Å². The number of nitrogens with two attached hydrogens (primary N) is 1. The highest BCUT2D eigenvalue weighted by Crippen LogP contribution is 2.20. The minimum absolute atomic E-state index is 0.217. The smallest absolute Gasteiger partial charge is 0.256 e. The summed E-state index contributed by atoms with van der Waals surface area (Å²) in [5, 5.41) is 9.71. The van der Waals surface area contributed by atoms with Crippen LogP contribution in [0.2, 0.25) is 0 Å². The Hall–Kier alpha value is -2.70. The number of carbonyl (C=O) groups excluding carboxylic acids is 1. The first-order valence-corrected chi connectivity index (χ1v) is 9.02. The first kappa shape index (κ1) is 16.2. The third-order valence-corrected chi connectivity index (χ3v) is 4.35. The number of rotatable bonds is 4. The summed E-state index contributed by atoms with van der Waals surface area (Å²) < 4.78 is 22.2. The summed E-state index contributed by atoms with van der Waals surface area (Å²) in [6.07, 6.45) is 0. The van der Waals surface area contributed by atoms with Crippen LogP contribution in [0.3, 0.4) is 0 Å². The van der Waals surface area contributed by atoms with Crippen molar-refractivity contribution in [2.75, 3.05) is 5.32 Å². The average Bonchev–Trinajstić information content (AvgIpc) is 2.55. The SMILES string of the molecule is NS(=O)(=O)Cc1ccc(NC(=O)c2cccc3ccccc23)cc1. The summed E-state index contributed by atoms with van der Waals surface area (Å²) in [6.45, 7) is 0. The van der Waals surface area contributed by atoms with Gasteiger partial charge in [0.15, 0.2) is 0 Å². The van der Waals surface area contributed by atoms with E-state index in [1.165, 1.54) is 0 Å². The molecule has 3 aromatic carbocycles. The molecular weight excluding hydrogens is 324 g/mol. The molecule has 0 fully saturated rings. The van der Waals surface area contributed by atoms with E-state index in [2.05, 4.69) is 5.32 Å². The van der Waals surface area contributed by atoms with Crippen molar-refractivity contribution in [2.45, 2.75) is 5.75 Å². The molecule has 3 aromatic rings. The van der Waals surface area contributed by atoms with E-state index in [0.29, 0.717) is 16.8 Å². The fourth-order valence-electron chi connectivity index (χ4n) is 2.54. The number of benzene rings is 3. The topological polar surface area (TPSA) is 89.3 Å². The molecule has 6 heteroatoms. The Kier molecular flexibility index (Phi) is 4.33. The van der Waals surface area contributed by atoms with Gasteiger partial charge in [-0.1, -0.05) is 48.5 Å². The highest BCUT2D eigenvalue weighted by atomic mass is 32.2. The molecule has 0 atom stereocenters.